The van der Waals surface area contributed by atoms with Crippen molar-refractivity contribution in [2.24, 2.45) is 5.92 Å². The maximum atomic E-state index is 12.7. The summed E-state index contributed by atoms with van der Waals surface area (Å²) < 4.78 is 12.7. The molecule has 0 radical (unpaired) electrons. The lowest BCUT2D eigenvalue weighted by molar-refractivity contribution is 0.496. The molecule has 1 heterocycles. The second-order valence-corrected chi connectivity index (χ2v) is 4.43. The van der Waals surface area contributed by atoms with Gasteiger partial charge in [-0.25, -0.2) is 4.39 Å². The van der Waals surface area contributed by atoms with Gasteiger partial charge in [0.15, 0.2) is 0 Å². The molecule has 0 aromatic heterocycles. The van der Waals surface area contributed by atoms with Crippen molar-refractivity contribution in [3.63, 3.8) is 0 Å². The van der Waals surface area contributed by atoms with Crippen LogP contribution in [0.5, 0.6) is 0 Å². The first-order valence-electron chi connectivity index (χ1n) is 6.05. The van der Waals surface area contributed by atoms with Gasteiger partial charge in [0.1, 0.15) is 5.82 Å². The fourth-order valence-electron chi connectivity index (χ4n) is 2.13. The molecule has 3 heteroatoms. The van der Waals surface area contributed by atoms with Gasteiger partial charge in [-0.05, 0) is 62.5 Å². The van der Waals surface area contributed by atoms with Crippen LogP contribution < -0.4 is 10.6 Å². The average molecular weight is 222 g/mol. The molecule has 2 rings (SSSR count). The van der Waals surface area contributed by atoms with E-state index < -0.39 is 0 Å². The van der Waals surface area contributed by atoms with Crippen molar-refractivity contribution in [1.29, 1.82) is 0 Å². The quantitative estimate of drug-likeness (QED) is 0.821. The summed E-state index contributed by atoms with van der Waals surface area (Å²) >= 11 is 0. The second kappa shape index (κ2) is 5.85. The Labute approximate surface area is 96.2 Å². The van der Waals surface area contributed by atoms with E-state index in [0.29, 0.717) is 0 Å². The highest BCUT2D eigenvalue weighted by Gasteiger charge is 2.11. The molecule has 0 bridgehead atoms. The van der Waals surface area contributed by atoms with Crippen molar-refractivity contribution in [3.8, 4) is 0 Å². The highest BCUT2D eigenvalue weighted by molar-refractivity contribution is 5.42. The van der Waals surface area contributed by atoms with Gasteiger partial charge in [0.05, 0.1) is 0 Å². The Morgan fingerprint density at radius 2 is 2.00 bits per heavy atom. The summed E-state index contributed by atoms with van der Waals surface area (Å²) in [6.45, 7) is 3.26. The fraction of sp³-hybridized carbons (Fsp3) is 0.538. The average Bonchev–Trinajstić information content (AvgIpc) is 2.57. The van der Waals surface area contributed by atoms with Gasteiger partial charge in [-0.15, -0.1) is 0 Å². The summed E-state index contributed by atoms with van der Waals surface area (Å²) in [4.78, 5) is 0. The van der Waals surface area contributed by atoms with E-state index in [1.165, 1.54) is 31.4 Å². The zero-order chi connectivity index (χ0) is 11.2. The van der Waals surface area contributed by atoms with Crippen LogP contribution in [0.25, 0.3) is 0 Å². The van der Waals surface area contributed by atoms with Crippen LogP contribution in [0.1, 0.15) is 19.3 Å². The zero-order valence-electron chi connectivity index (χ0n) is 9.51. The molecule has 16 heavy (non-hydrogen) atoms. The second-order valence-electron chi connectivity index (χ2n) is 4.43. The summed E-state index contributed by atoms with van der Waals surface area (Å²) in [6.07, 6.45) is 3.77. The fourth-order valence-corrected chi connectivity index (χ4v) is 2.13. The van der Waals surface area contributed by atoms with E-state index in [-0.39, 0.29) is 5.82 Å². The molecule has 1 saturated heterocycles. The Hall–Kier alpha value is -1.09. The van der Waals surface area contributed by atoms with Crippen LogP contribution >= 0.6 is 0 Å². The largest absolute Gasteiger partial charge is 0.385 e. The topological polar surface area (TPSA) is 24.1 Å². The van der Waals surface area contributed by atoms with Gasteiger partial charge < -0.3 is 10.6 Å². The molecule has 88 valence electrons. The highest BCUT2D eigenvalue weighted by Crippen LogP contribution is 2.15. The molecular formula is C13H19FN2. The van der Waals surface area contributed by atoms with Crippen LogP contribution in [0, 0.1) is 11.7 Å². The first-order valence-corrected chi connectivity index (χ1v) is 6.05. The van der Waals surface area contributed by atoms with Crippen molar-refractivity contribution < 1.29 is 4.39 Å². The van der Waals surface area contributed by atoms with Crippen molar-refractivity contribution in [1.82, 2.24) is 5.32 Å². The third-order valence-electron chi connectivity index (χ3n) is 3.13. The van der Waals surface area contributed by atoms with Crippen LogP contribution in [0.15, 0.2) is 24.3 Å². The number of halogens is 1. The lowest BCUT2D eigenvalue weighted by atomic mass is 10.0. The molecule has 1 fully saturated rings. The Kier molecular flexibility index (Phi) is 4.17. The molecular weight excluding hydrogens is 203 g/mol. The molecule has 0 spiro atoms. The van der Waals surface area contributed by atoms with Crippen LogP contribution in [0.3, 0.4) is 0 Å². The van der Waals surface area contributed by atoms with Gasteiger partial charge in [-0.1, -0.05) is 0 Å². The molecule has 1 atom stereocenters. The minimum atomic E-state index is -0.177. The molecule has 0 aliphatic carbocycles. The SMILES string of the molecule is Fc1ccc(NCC2CCCNCC2)cc1. The molecule has 1 unspecified atom stereocenters. The number of anilines is 1. The van der Waals surface area contributed by atoms with E-state index in [0.717, 1.165) is 31.2 Å². The number of rotatable bonds is 3. The summed E-state index contributed by atoms with van der Waals surface area (Å²) in [7, 11) is 0. The monoisotopic (exact) mass is 222 g/mol. The van der Waals surface area contributed by atoms with Crippen molar-refractivity contribution in [2.45, 2.75) is 19.3 Å². The molecule has 0 saturated carbocycles. The third kappa shape index (κ3) is 3.49. The van der Waals surface area contributed by atoms with Crippen LogP contribution in [-0.2, 0) is 0 Å². The van der Waals surface area contributed by atoms with E-state index in [1.807, 2.05) is 0 Å². The molecule has 0 amide bonds. The summed E-state index contributed by atoms with van der Waals surface area (Å²) in [5.41, 5.74) is 1.01. The predicted molar refractivity (Wildman–Crippen MR) is 65.1 cm³/mol. The molecule has 2 nitrogen and oxygen atoms in total. The maximum Gasteiger partial charge on any atom is 0.123 e. The third-order valence-corrected chi connectivity index (χ3v) is 3.13. The van der Waals surface area contributed by atoms with Gasteiger partial charge in [0, 0.05) is 12.2 Å². The summed E-state index contributed by atoms with van der Waals surface area (Å²) in [5.74, 6) is 0.560. The minimum absolute atomic E-state index is 0.177. The van der Waals surface area contributed by atoms with Gasteiger partial charge >= 0.3 is 0 Å². The van der Waals surface area contributed by atoms with E-state index in [9.17, 15) is 4.39 Å². The van der Waals surface area contributed by atoms with E-state index in [1.54, 1.807) is 12.1 Å². The van der Waals surface area contributed by atoms with E-state index >= 15 is 0 Å². The number of hydrogen-bond acceptors (Lipinski definition) is 2. The van der Waals surface area contributed by atoms with Crippen LogP contribution in [0.4, 0.5) is 10.1 Å². The van der Waals surface area contributed by atoms with Crippen molar-refractivity contribution in [3.05, 3.63) is 30.1 Å². The first-order chi connectivity index (χ1) is 7.84. The van der Waals surface area contributed by atoms with Crippen LogP contribution in [-0.4, -0.2) is 19.6 Å². The van der Waals surface area contributed by atoms with Gasteiger partial charge in [0.25, 0.3) is 0 Å². The maximum absolute atomic E-state index is 12.7. The minimum Gasteiger partial charge on any atom is -0.385 e. The Balaban J connectivity index is 1.79. The Morgan fingerprint density at radius 1 is 1.19 bits per heavy atom. The summed E-state index contributed by atoms with van der Waals surface area (Å²) in [5, 5.41) is 6.78. The highest BCUT2D eigenvalue weighted by atomic mass is 19.1. The normalized spacial score (nSPS) is 21.4. The van der Waals surface area contributed by atoms with E-state index in [2.05, 4.69) is 10.6 Å². The first kappa shape index (κ1) is 11.4. The lowest BCUT2D eigenvalue weighted by Crippen LogP contribution is -2.17. The predicted octanol–water partition coefficient (Wildman–Crippen LogP) is 2.63. The summed E-state index contributed by atoms with van der Waals surface area (Å²) in [6, 6.07) is 6.59. The molecule has 1 aromatic carbocycles. The van der Waals surface area contributed by atoms with Crippen LogP contribution in [0.2, 0.25) is 0 Å². The van der Waals surface area contributed by atoms with Gasteiger partial charge in [-0.3, -0.25) is 0 Å². The smallest absolute Gasteiger partial charge is 0.123 e. The molecule has 1 aliphatic heterocycles. The molecule has 1 aliphatic rings. The number of benzene rings is 1. The zero-order valence-corrected chi connectivity index (χ0v) is 9.51. The van der Waals surface area contributed by atoms with Gasteiger partial charge in [-0.2, -0.15) is 0 Å². The van der Waals surface area contributed by atoms with Crippen molar-refractivity contribution in [2.75, 3.05) is 25.0 Å². The molecule has 1 aromatic rings. The standard InChI is InChI=1S/C13H19FN2/c14-12-3-5-13(6-4-12)16-10-11-2-1-8-15-9-7-11/h3-6,11,15-16H,1-2,7-10H2. The van der Waals surface area contributed by atoms with Crippen molar-refractivity contribution >= 4 is 5.69 Å². The number of nitrogens with one attached hydrogen (secondary N) is 2. The Morgan fingerprint density at radius 3 is 2.81 bits per heavy atom. The van der Waals surface area contributed by atoms with E-state index in [4.69, 9.17) is 0 Å². The lowest BCUT2D eigenvalue weighted by Gasteiger charge is -2.15. The van der Waals surface area contributed by atoms with Gasteiger partial charge in [0.2, 0.25) is 0 Å². The number of hydrogen-bond donors (Lipinski definition) is 2. The Bertz CT molecular complexity index is 302. The molecule has 2 N–H and O–H groups in total.